The Kier molecular flexibility index (Phi) is 4.85. The Morgan fingerprint density at radius 3 is 1.59 bits per heavy atom. The molecule has 0 saturated carbocycles. The number of halogens is 5. The second kappa shape index (κ2) is 6.60. The summed E-state index contributed by atoms with van der Waals surface area (Å²) in [6, 6.07) is 8.27. The molecule has 0 bridgehead atoms. The maximum absolute atomic E-state index is 12.7. The van der Waals surface area contributed by atoms with Crippen molar-refractivity contribution in [3.8, 4) is 0 Å². The van der Waals surface area contributed by atoms with Crippen LogP contribution in [-0.2, 0) is 10.1 Å². The third-order valence-corrected chi connectivity index (χ3v) is 5.44. The average Bonchev–Trinajstić information content (AvgIpc) is 2.64. The SMILES string of the molecule is O=c1c2ccc(Br)cc2c2cc(Br)ccc2c(=O)n1OS(=O)(=O)C(F)(F)F. The van der Waals surface area contributed by atoms with Crippen LogP contribution in [0.1, 0.15) is 0 Å². The van der Waals surface area contributed by atoms with E-state index >= 15 is 0 Å². The molecule has 0 aliphatic carbocycles. The number of fused-ring (bicyclic) bond motifs is 3. The fourth-order valence-corrected chi connectivity index (χ4v) is 3.51. The van der Waals surface area contributed by atoms with Gasteiger partial charge in [0.25, 0.3) is 11.1 Å². The van der Waals surface area contributed by atoms with E-state index in [2.05, 4.69) is 36.1 Å². The fraction of sp³-hybridized carbons (Fsp3) is 0.0667. The van der Waals surface area contributed by atoms with Crippen LogP contribution in [0.15, 0.2) is 54.9 Å². The van der Waals surface area contributed by atoms with Crippen molar-refractivity contribution in [2.45, 2.75) is 5.51 Å². The maximum Gasteiger partial charge on any atom is 0.536 e. The molecule has 6 nitrogen and oxygen atoms in total. The highest BCUT2D eigenvalue weighted by Gasteiger charge is 2.49. The molecule has 0 amide bonds. The first-order valence-electron chi connectivity index (χ1n) is 6.91. The summed E-state index contributed by atoms with van der Waals surface area (Å²) in [7, 11) is -6.24. The van der Waals surface area contributed by atoms with Gasteiger partial charge in [0, 0.05) is 8.95 Å². The molecule has 12 heteroatoms. The van der Waals surface area contributed by atoms with Crippen molar-refractivity contribution in [3.63, 3.8) is 0 Å². The molecule has 142 valence electrons. The number of aromatic nitrogens is 1. The standard InChI is InChI=1S/C15H6Br2F3NO5S/c16-7-1-3-9-11(5-7)12-6-8(17)2-4-10(12)14(23)21(13(9)22)26-27(24,25)15(18,19)20/h1-6H. The predicted octanol–water partition coefficient (Wildman–Crippen LogP) is 3.32. The molecule has 0 aliphatic rings. The van der Waals surface area contributed by atoms with E-state index < -0.39 is 31.5 Å². The summed E-state index contributed by atoms with van der Waals surface area (Å²) in [5.41, 5.74) is -8.50. The van der Waals surface area contributed by atoms with Crippen molar-refractivity contribution in [1.82, 2.24) is 4.73 Å². The molecule has 0 aliphatic heterocycles. The highest BCUT2D eigenvalue weighted by atomic mass is 79.9. The number of alkyl halides is 3. The molecule has 0 spiro atoms. The van der Waals surface area contributed by atoms with E-state index in [1.165, 1.54) is 36.4 Å². The summed E-state index contributed by atoms with van der Waals surface area (Å²) >= 11 is 6.43. The van der Waals surface area contributed by atoms with Gasteiger partial charge in [0.15, 0.2) is 0 Å². The molecule has 1 aromatic heterocycles. The fourth-order valence-electron chi connectivity index (χ4n) is 2.37. The Hall–Kier alpha value is -1.92. The lowest BCUT2D eigenvalue weighted by atomic mass is 10.1. The van der Waals surface area contributed by atoms with Gasteiger partial charge in [0.2, 0.25) is 0 Å². The van der Waals surface area contributed by atoms with Gasteiger partial charge in [-0.15, -0.1) is 0 Å². The zero-order valence-corrected chi connectivity index (χ0v) is 16.7. The van der Waals surface area contributed by atoms with Crippen molar-refractivity contribution in [3.05, 3.63) is 66.1 Å². The third-order valence-electron chi connectivity index (χ3n) is 3.54. The minimum atomic E-state index is -6.24. The molecular formula is C15H6Br2F3NO5S. The highest BCUT2D eigenvalue weighted by molar-refractivity contribution is 9.10. The Bertz CT molecular complexity index is 1240. The van der Waals surface area contributed by atoms with Crippen LogP contribution in [0, 0.1) is 0 Å². The zero-order chi connectivity index (χ0) is 20.1. The van der Waals surface area contributed by atoms with Crippen molar-refractivity contribution in [2.24, 2.45) is 0 Å². The second-order valence-electron chi connectivity index (χ2n) is 5.26. The lowest BCUT2D eigenvalue weighted by Gasteiger charge is -2.08. The topological polar surface area (TPSA) is 82.4 Å². The first-order chi connectivity index (χ1) is 12.4. The number of benzene rings is 2. The quantitative estimate of drug-likeness (QED) is 0.477. The lowest BCUT2D eigenvalue weighted by molar-refractivity contribution is -0.0551. The molecule has 27 heavy (non-hydrogen) atoms. The molecule has 0 N–H and O–H groups in total. The predicted molar refractivity (Wildman–Crippen MR) is 98.9 cm³/mol. The van der Waals surface area contributed by atoms with Gasteiger partial charge >= 0.3 is 15.6 Å². The van der Waals surface area contributed by atoms with Crippen molar-refractivity contribution < 1.29 is 25.9 Å². The van der Waals surface area contributed by atoms with Gasteiger partial charge in [-0.2, -0.15) is 21.6 Å². The van der Waals surface area contributed by atoms with Crippen LogP contribution in [0.25, 0.3) is 21.5 Å². The maximum atomic E-state index is 12.7. The van der Waals surface area contributed by atoms with Gasteiger partial charge in [-0.25, -0.2) is 0 Å². The van der Waals surface area contributed by atoms with Crippen LogP contribution in [0.4, 0.5) is 13.2 Å². The van der Waals surface area contributed by atoms with Crippen LogP contribution in [-0.4, -0.2) is 18.7 Å². The number of rotatable bonds is 2. The van der Waals surface area contributed by atoms with E-state index in [0.717, 1.165) is 0 Å². The van der Waals surface area contributed by atoms with Crippen LogP contribution in [0.5, 0.6) is 0 Å². The monoisotopic (exact) mass is 527 g/mol. The molecule has 3 aromatic rings. The van der Waals surface area contributed by atoms with E-state index in [9.17, 15) is 31.2 Å². The minimum absolute atomic E-state index is 0.208. The molecule has 3 rings (SSSR count). The van der Waals surface area contributed by atoms with Crippen molar-refractivity contribution in [1.29, 1.82) is 0 Å². The molecule has 0 radical (unpaired) electrons. The van der Waals surface area contributed by atoms with Gasteiger partial charge in [0.05, 0.1) is 10.8 Å². The summed E-state index contributed by atoms with van der Waals surface area (Å²) < 4.78 is 65.2. The zero-order valence-electron chi connectivity index (χ0n) is 12.8. The summed E-state index contributed by atoms with van der Waals surface area (Å²) in [5, 5.41) is 0.0191. The minimum Gasteiger partial charge on any atom is -0.274 e. The van der Waals surface area contributed by atoms with E-state index in [-0.39, 0.29) is 21.5 Å². The van der Waals surface area contributed by atoms with Crippen LogP contribution >= 0.6 is 31.9 Å². The Labute approximate surface area is 165 Å². The summed E-state index contributed by atoms with van der Waals surface area (Å²) in [4.78, 5) is 25.3. The number of hydrogen-bond donors (Lipinski definition) is 0. The van der Waals surface area contributed by atoms with Gasteiger partial charge in [-0.05, 0) is 47.2 Å². The first kappa shape index (κ1) is 19.8. The smallest absolute Gasteiger partial charge is 0.274 e. The number of nitrogens with zero attached hydrogens (tertiary/aromatic N) is 1. The Morgan fingerprint density at radius 1 is 0.815 bits per heavy atom. The second-order valence-corrected chi connectivity index (χ2v) is 8.61. The van der Waals surface area contributed by atoms with E-state index in [0.29, 0.717) is 8.95 Å². The van der Waals surface area contributed by atoms with E-state index in [1.54, 1.807) is 0 Å². The first-order valence-corrected chi connectivity index (χ1v) is 9.91. The summed E-state index contributed by atoms with van der Waals surface area (Å²) in [6.07, 6.45) is 0. The number of hydrogen-bond acceptors (Lipinski definition) is 5. The molecule has 0 unspecified atom stereocenters. The Balaban J connectivity index is 2.57. The molecular weight excluding hydrogens is 523 g/mol. The molecule has 1 heterocycles. The van der Waals surface area contributed by atoms with Gasteiger partial charge < -0.3 is 0 Å². The lowest BCUT2D eigenvalue weighted by Crippen LogP contribution is -2.43. The summed E-state index contributed by atoms with van der Waals surface area (Å²) in [6.45, 7) is 0. The normalized spacial score (nSPS) is 12.5. The van der Waals surface area contributed by atoms with Gasteiger partial charge in [0.1, 0.15) is 0 Å². The largest absolute Gasteiger partial charge is 0.536 e. The molecule has 2 aromatic carbocycles. The van der Waals surface area contributed by atoms with Crippen LogP contribution < -0.4 is 15.4 Å². The van der Waals surface area contributed by atoms with Gasteiger partial charge in [-0.1, -0.05) is 36.6 Å². The summed E-state index contributed by atoms with van der Waals surface area (Å²) in [5.74, 6) is 0. The molecule has 0 fully saturated rings. The van der Waals surface area contributed by atoms with Crippen molar-refractivity contribution >= 4 is 63.5 Å². The van der Waals surface area contributed by atoms with Crippen LogP contribution in [0.3, 0.4) is 0 Å². The van der Waals surface area contributed by atoms with E-state index in [1.807, 2.05) is 0 Å². The third kappa shape index (κ3) is 3.48. The van der Waals surface area contributed by atoms with E-state index in [4.69, 9.17) is 0 Å². The average molecular weight is 529 g/mol. The van der Waals surface area contributed by atoms with Crippen LogP contribution in [0.2, 0.25) is 0 Å². The highest BCUT2D eigenvalue weighted by Crippen LogP contribution is 2.26. The Morgan fingerprint density at radius 2 is 1.22 bits per heavy atom. The van der Waals surface area contributed by atoms with Gasteiger partial charge in [-0.3, -0.25) is 13.9 Å². The van der Waals surface area contributed by atoms with Crippen molar-refractivity contribution in [2.75, 3.05) is 0 Å². The molecule has 0 atom stereocenters. The molecule has 0 saturated heterocycles.